The molecule has 1 saturated heterocycles. The molecule has 1 aliphatic heterocycles. The number of amides is 1. The monoisotopic (exact) mass is 258 g/mol. The molecule has 3 heteroatoms. The normalized spacial score (nSPS) is 27.7. The van der Waals surface area contributed by atoms with Gasteiger partial charge in [0.25, 0.3) is 0 Å². The van der Waals surface area contributed by atoms with Gasteiger partial charge in [0.15, 0.2) is 0 Å². The van der Waals surface area contributed by atoms with Crippen molar-refractivity contribution in [1.82, 2.24) is 4.90 Å². The molecular formula is C16H22N2O. The van der Waals surface area contributed by atoms with Crippen molar-refractivity contribution < 1.29 is 4.79 Å². The summed E-state index contributed by atoms with van der Waals surface area (Å²) in [5.74, 6) is 1.01. The highest BCUT2D eigenvalue weighted by molar-refractivity contribution is 5.77. The number of hydrogen-bond acceptors (Lipinski definition) is 2. The highest BCUT2D eigenvalue weighted by Crippen LogP contribution is 2.40. The zero-order valence-electron chi connectivity index (χ0n) is 11.5. The van der Waals surface area contributed by atoms with Crippen LogP contribution in [-0.2, 0) is 4.79 Å². The number of nitrogens with two attached hydrogens (primary N) is 1. The number of carbonyl (C=O) groups is 1. The van der Waals surface area contributed by atoms with Crippen LogP contribution in [0.25, 0.3) is 0 Å². The average Bonchev–Trinajstić information content (AvgIpc) is 3.26. The van der Waals surface area contributed by atoms with E-state index in [0.717, 1.165) is 18.9 Å². The number of carbonyl (C=O) groups excluding carboxylic acids is 1. The summed E-state index contributed by atoms with van der Waals surface area (Å²) in [7, 11) is 0. The molecule has 1 heterocycles. The van der Waals surface area contributed by atoms with Crippen LogP contribution >= 0.6 is 0 Å². The first-order chi connectivity index (χ1) is 9.20. The van der Waals surface area contributed by atoms with Gasteiger partial charge in [-0.05, 0) is 43.2 Å². The van der Waals surface area contributed by atoms with Crippen LogP contribution in [0.3, 0.4) is 0 Å². The standard InChI is InChI=1S/C16H22N2O/c1-2-18-15(19)10-9-14(17)16(18)13-7-5-12(6-8-13)11-3-4-11/h5-8,11,14,16H,2-4,9-10,17H2,1H3. The molecule has 19 heavy (non-hydrogen) atoms. The molecule has 1 aromatic rings. The lowest BCUT2D eigenvalue weighted by molar-refractivity contribution is -0.137. The molecule has 1 amide bonds. The van der Waals surface area contributed by atoms with Gasteiger partial charge in [-0.15, -0.1) is 0 Å². The fraction of sp³-hybridized carbons (Fsp3) is 0.562. The third-order valence-electron chi connectivity index (χ3n) is 4.42. The Morgan fingerprint density at radius 1 is 1.16 bits per heavy atom. The molecule has 1 saturated carbocycles. The van der Waals surface area contributed by atoms with E-state index in [1.165, 1.54) is 24.0 Å². The predicted molar refractivity (Wildman–Crippen MR) is 75.8 cm³/mol. The minimum absolute atomic E-state index is 0.0551. The maximum absolute atomic E-state index is 12.0. The summed E-state index contributed by atoms with van der Waals surface area (Å²) in [4.78, 5) is 13.9. The number of rotatable bonds is 3. The van der Waals surface area contributed by atoms with E-state index in [-0.39, 0.29) is 18.0 Å². The number of likely N-dealkylation sites (tertiary alicyclic amines) is 1. The van der Waals surface area contributed by atoms with Crippen molar-refractivity contribution in [2.75, 3.05) is 6.54 Å². The Morgan fingerprint density at radius 3 is 2.37 bits per heavy atom. The number of hydrogen-bond donors (Lipinski definition) is 1. The van der Waals surface area contributed by atoms with Gasteiger partial charge >= 0.3 is 0 Å². The summed E-state index contributed by atoms with van der Waals surface area (Å²) in [6.07, 6.45) is 4.03. The Morgan fingerprint density at radius 2 is 1.79 bits per heavy atom. The Kier molecular flexibility index (Phi) is 3.31. The van der Waals surface area contributed by atoms with Gasteiger partial charge < -0.3 is 10.6 Å². The molecule has 2 N–H and O–H groups in total. The first kappa shape index (κ1) is 12.7. The van der Waals surface area contributed by atoms with Gasteiger partial charge in [-0.1, -0.05) is 24.3 Å². The van der Waals surface area contributed by atoms with Gasteiger partial charge in [0.05, 0.1) is 6.04 Å². The minimum Gasteiger partial charge on any atom is -0.334 e. The second kappa shape index (κ2) is 4.97. The summed E-state index contributed by atoms with van der Waals surface area (Å²) in [6, 6.07) is 8.88. The lowest BCUT2D eigenvalue weighted by atomic mass is 9.90. The highest BCUT2D eigenvalue weighted by Gasteiger charge is 2.34. The first-order valence-electron chi connectivity index (χ1n) is 7.35. The summed E-state index contributed by atoms with van der Waals surface area (Å²) < 4.78 is 0. The van der Waals surface area contributed by atoms with Gasteiger partial charge in [0.2, 0.25) is 5.91 Å². The maximum Gasteiger partial charge on any atom is 0.223 e. The molecule has 0 aromatic heterocycles. The Bertz CT molecular complexity index is 464. The maximum atomic E-state index is 12.0. The first-order valence-corrected chi connectivity index (χ1v) is 7.35. The molecule has 2 unspecified atom stereocenters. The van der Waals surface area contributed by atoms with E-state index in [9.17, 15) is 4.79 Å². The Balaban J connectivity index is 1.86. The van der Waals surface area contributed by atoms with E-state index in [2.05, 4.69) is 24.3 Å². The Labute approximate surface area is 114 Å². The lowest BCUT2D eigenvalue weighted by Gasteiger charge is -2.39. The molecular weight excluding hydrogens is 236 g/mol. The summed E-state index contributed by atoms with van der Waals surface area (Å²) in [5, 5.41) is 0. The molecule has 0 spiro atoms. The minimum atomic E-state index is 0.0551. The largest absolute Gasteiger partial charge is 0.334 e. The van der Waals surface area contributed by atoms with Crippen LogP contribution in [0.2, 0.25) is 0 Å². The van der Waals surface area contributed by atoms with E-state index >= 15 is 0 Å². The van der Waals surface area contributed by atoms with Gasteiger partial charge in [0, 0.05) is 19.0 Å². The molecule has 2 fully saturated rings. The quantitative estimate of drug-likeness (QED) is 0.905. The van der Waals surface area contributed by atoms with Crippen LogP contribution < -0.4 is 5.73 Å². The number of likely N-dealkylation sites (N-methyl/N-ethyl adjacent to an activating group) is 1. The van der Waals surface area contributed by atoms with Crippen molar-refractivity contribution in [3.05, 3.63) is 35.4 Å². The second-order valence-electron chi connectivity index (χ2n) is 5.77. The van der Waals surface area contributed by atoms with Gasteiger partial charge in [-0.25, -0.2) is 0 Å². The number of piperidine rings is 1. The van der Waals surface area contributed by atoms with Crippen LogP contribution in [0.4, 0.5) is 0 Å². The molecule has 2 aliphatic rings. The molecule has 0 radical (unpaired) electrons. The third kappa shape index (κ3) is 2.39. The molecule has 0 bridgehead atoms. The SMILES string of the molecule is CCN1C(=O)CCC(N)C1c1ccc(C2CC2)cc1. The van der Waals surface area contributed by atoms with E-state index in [4.69, 9.17) is 5.73 Å². The molecule has 3 nitrogen and oxygen atoms in total. The van der Waals surface area contributed by atoms with E-state index in [0.29, 0.717) is 6.42 Å². The Hall–Kier alpha value is -1.35. The van der Waals surface area contributed by atoms with Crippen LogP contribution in [0.15, 0.2) is 24.3 Å². The fourth-order valence-corrected chi connectivity index (χ4v) is 3.16. The van der Waals surface area contributed by atoms with Gasteiger partial charge in [0.1, 0.15) is 0 Å². The van der Waals surface area contributed by atoms with Crippen molar-refractivity contribution in [2.24, 2.45) is 5.73 Å². The fourth-order valence-electron chi connectivity index (χ4n) is 3.16. The number of benzene rings is 1. The zero-order valence-corrected chi connectivity index (χ0v) is 11.5. The predicted octanol–water partition coefficient (Wildman–Crippen LogP) is 2.57. The van der Waals surface area contributed by atoms with Crippen LogP contribution in [0.5, 0.6) is 0 Å². The summed E-state index contributed by atoms with van der Waals surface area (Å²) >= 11 is 0. The van der Waals surface area contributed by atoms with E-state index < -0.39 is 0 Å². The topological polar surface area (TPSA) is 46.3 Å². The molecule has 102 valence electrons. The van der Waals surface area contributed by atoms with Crippen molar-refractivity contribution >= 4 is 5.91 Å². The van der Waals surface area contributed by atoms with Crippen molar-refractivity contribution in [2.45, 2.75) is 50.6 Å². The smallest absolute Gasteiger partial charge is 0.223 e. The highest BCUT2D eigenvalue weighted by atomic mass is 16.2. The molecule has 1 aliphatic carbocycles. The van der Waals surface area contributed by atoms with Crippen molar-refractivity contribution in [3.63, 3.8) is 0 Å². The lowest BCUT2D eigenvalue weighted by Crippen LogP contribution is -2.48. The third-order valence-corrected chi connectivity index (χ3v) is 4.42. The summed E-state index contributed by atoms with van der Waals surface area (Å²) in [6.45, 7) is 2.77. The molecule has 2 atom stereocenters. The van der Waals surface area contributed by atoms with Crippen LogP contribution in [-0.4, -0.2) is 23.4 Å². The zero-order chi connectivity index (χ0) is 13.4. The van der Waals surface area contributed by atoms with E-state index in [1.54, 1.807) is 0 Å². The summed E-state index contributed by atoms with van der Waals surface area (Å²) in [5.41, 5.74) is 8.88. The second-order valence-corrected chi connectivity index (χ2v) is 5.77. The van der Waals surface area contributed by atoms with Crippen molar-refractivity contribution in [3.8, 4) is 0 Å². The van der Waals surface area contributed by atoms with Gasteiger partial charge in [-0.3, -0.25) is 4.79 Å². The van der Waals surface area contributed by atoms with Crippen molar-refractivity contribution in [1.29, 1.82) is 0 Å². The van der Waals surface area contributed by atoms with Crippen LogP contribution in [0.1, 0.15) is 55.7 Å². The van der Waals surface area contributed by atoms with Crippen LogP contribution in [0, 0.1) is 0 Å². The molecule has 1 aromatic carbocycles. The van der Waals surface area contributed by atoms with Gasteiger partial charge in [-0.2, -0.15) is 0 Å². The molecule has 3 rings (SSSR count). The van der Waals surface area contributed by atoms with E-state index in [1.807, 2.05) is 11.8 Å². The average molecular weight is 258 g/mol. The number of nitrogens with zero attached hydrogens (tertiary/aromatic N) is 1.